The molecule has 1 saturated heterocycles. The van der Waals surface area contributed by atoms with E-state index < -0.39 is 0 Å². The van der Waals surface area contributed by atoms with Crippen molar-refractivity contribution in [3.05, 3.63) is 29.5 Å². The monoisotopic (exact) mass is 283 g/mol. The van der Waals surface area contributed by atoms with Gasteiger partial charge in [0, 0.05) is 35.5 Å². The van der Waals surface area contributed by atoms with Gasteiger partial charge in [-0.3, -0.25) is 4.98 Å². The summed E-state index contributed by atoms with van der Waals surface area (Å²) >= 11 is 0. The number of pyridine rings is 1. The number of nitrogen functional groups attached to an aromatic ring is 1. The fourth-order valence-electron chi connectivity index (χ4n) is 3.50. The first-order chi connectivity index (χ1) is 10.1. The lowest BCUT2D eigenvalue weighted by Crippen LogP contribution is -2.29. The van der Waals surface area contributed by atoms with Gasteiger partial charge in [0.15, 0.2) is 0 Å². The third kappa shape index (κ3) is 2.57. The summed E-state index contributed by atoms with van der Waals surface area (Å²) in [6.45, 7) is 8.73. The Hall–Kier alpha value is -1.77. The van der Waals surface area contributed by atoms with Crippen LogP contribution in [-0.2, 0) is 0 Å². The SMILES string of the molecule is Cc1nc2ccc(N3CCCCC3)cc2c(N)c1C(C)C. The highest BCUT2D eigenvalue weighted by atomic mass is 15.1. The van der Waals surface area contributed by atoms with Crippen LogP contribution >= 0.6 is 0 Å². The molecule has 2 aromatic rings. The van der Waals surface area contributed by atoms with E-state index in [0.29, 0.717) is 5.92 Å². The fraction of sp³-hybridized carbons (Fsp3) is 0.500. The number of nitrogens with two attached hydrogens (primary N) is 1. The van der Waals surface area contributed by atoms with Crippen molar-refractivity contribution >= 4 is 22.3 Å². The van der Waals surface area contributed by atoms with Crippen LogP contribution in [0.4, 0.5) is 11.4 Å². The number of benzene rings is 1. The zero-order valence-corrected chi connectivity index (χ0v) is 13.3. The van der Waals surface area contributed by atoms with E-state index >= 15 is 0 Å². The molecule has 0 amide bonds. The van der Waals surface area contributed by atoms with E-state index in [9.17, 15) is 0 Å². The van der Waals surface area contributed by atoms with Crippen LogP contribution in [0.3, 0.4) is 0 Å². The minimum absolute atomic E-state index is 0.403. The van der Waals surface area contributed by atoms with Crippen molar-refractivity contribution in [1.29, 1.82) is 0 Å². The van der Waals surface area contributed by atoms with Crippen molar-refractivity contribution < 1.29 is 0 Å². The zero-order chi connectivity index (χ0) is 15.0. The molecular formula is C18H25N3. The van der Waals surface area contributed by atoms with E-state index in [2.05, 4.69) is 43.9 Å². The molecule has 1 fully saturated rings. The van der Waals surface area contributed by atoms with Gasteiger partial charge in [-0.05, 0) is 55.9 Å². The highest BCUT2D eigenvalue weighted by Gasteiger charge is 2.16. The lowest BCUT2D eigenvalue weighted by molar-refractivity contribution is 0.578. The van der Waals surface area contributed by atoms with Crippen LogP contribution in [0.5, 0.6) is 0 Å². The molecule has 1 aliphatic rings. The maximum atomic E-state index is 6.46. The summed E-state index contributed by atoms with van der Waals surface area (Å²) in [5.74, 6) is 0.403. The van der Waals surface area contributed by atoms with Crippen molar-refractivity contribution in [2.24, 2.45) is 0 Å². The largest absolute Gasteiger partial charge is 0.398 e. The summed E-state index contributed by atoms with van der Waals surface area (Å²) in [7, 11) is 0. The fourth-order valence-corrected chi connectivity index (χ4v) is 3.50. The molecule has 21 heavy (non-hydrogen) atoms. The Kier molecular flexibility index (Phi) is 3.75. The van der Waals surface area contributed by atoms with Gasteiger partial charge in [-0.15, -0.1) is 0 Å². The molecule has 2 heterocycles. The van der Waals surface area contributed by atoms with Gasteiger partial charge >= 0.3 is 0 Å². The minimum atomic E-state index is 0.403. The van der Waals surface area contributed by atoms with Gasteiger partial charge in [0.25, 0.3) is 0 Å². The summed E-state index contributed by atoms with van der Waals surface area (Å²) < 4.78 is 0. The third-order valence-electron chi connectivity index (χ3n) is 4.54. The Balaban J connectivity index is 2.11. The van der Waals surface area contributed by atoms with Crippen LogP contribution in [0.25, 0.3) is 10.9 Å². The molecule has 2 N–H and O–H groups in total. The Labute approximate surface area is 127 Å². The van der Waals surface area contributed by atoms with Crippen LogP contribution in [0.1, 0.15) is 50.3 Å². The predicted molar refractivity (Wildman–Crippen MR) is 91.0 cm³/mol. The van der Waals surface area contributed by atoms with Crippen molar-refractivity contribution in [3.63, 3.8) is 0 Å². The van der Waals surface area contributed by atoms with Gasteiger partial charge in [-0.25, -0.2) is 0 Å². The van der Waals surface area contributed by atoms with Crippen molar-refractivity contribution in [2.45, 2.75) is 46.0 Å². The molecule has 0 atom stereocenters. The summed E-state index contributed by atoms with van der Waals surface area (Å²) in [5, 5.41) is 1.10. The molecule has 3 rings (SSSR count). The van der Waals surface area contributed by atoms with E-state index in [-0.39, 0.29) is 0 Å². The van der Waals surface area contributed by atoms with Gasteiger partial charge in [0.1, 0.15) is 0 Å². The second-order valence-corrected chi connectivity index (χ2v) is 6.43. The molecule has 1 aliphatic heterocycles. The van der Waals surface area contributed by atoms with Crippen LogP contribution in [0.15, 0.2) is 18.2 Å². The van der Waals surface area contributed by atoms with E-state index in [0.717, 1.165) is 35.4 Å². The Morgan fingerprint density at radius 2 is 1.86 bits per heavy atom. The molecule has 0 unspecified atom stereocenters. The summed E-state index contributed by atoms with van der Waals surface area (Å²) in [5.41, 5.74) is 11.9. The minimum Gasteiger partial charge on any atom is -0.398 e. The summed E-state index contributed by atoms with van der Waals surface area (Å²) in [6.07, 6.45) is 3.93. The lowest BCUT2D eigenvalue weighted by atomic mass is 9.96. The number of hydrogen-bond acceptors (Lipinski definition) is 3. The molecule has 1 aromatic heterocycles. The molecule has 1 aromatic carbocycles. The normalized spacial score (nSPS) is 15.9. The van der Waals surface area contributed by atoms with Gasteiger partial charge in [-0.1, -0.05) is 13.8 Å². The smallest absolute Gasteiger partial charge is 0.0727 e. The molecule has 112 valence electrons. The first-order valence-corrected chi connectivity index (χ1v) is 8.02. The Bertz CT molecular complexity index is 655. The average molecular weight is 283 g/mol. The second kappa shape index (κ2) is 5.55. The molecule has 3 heteroatoms. The van der Waals surface area contributed by atoms with Crippen LogP contribution in [0.2, 0.25) is 0 Å². The highest BCUT2D eigenvalue weighted by Crippen LogP contribution is 2.33. The second-order valence-electron chi connectivity index (χ2n) is 6.43. The number of fused-ring (bicyclic) bond motifs is 1. The van der Waals surface area contributed by atoms with Crippen molar-refractivity contribution in [1.82, 2.24) is 4.98 Å². The molecule has 0 bridgehead atoms. The van der Waals surface area contributed by atoms with Crippen LogP contribution < -0.4 is 10.6 Å². The maximum absolute atomic E-state index is 6.46. The van der Waals surface area contributed by atoms with Crippen molar-refractivity contribution in [3.8, 4) is 0 Å². The van der Waals surface area contributed by atoms with E-state index in [4.69, 9.17) is 10.7 Å². The molecule has 0 radical (unpaired) electrons. The van der Waals surface area contributed by atoms with Gasteiger partial charge < -0.3 is 10.6 Å². The zero-order valence-electron chi connectivity index (χ0n) is 13.3. The topological polar surface area (TPSA) is 42.2 Å². The van der Waals surface area contributed by atoms with E-state index in [1.165, 1.54) is 30.5 Å². The summed E-state index contributed by atoms with van der Waals surface area (Å²) in [4.78, 5) is 7.21. The van der Waals surface area contributed by atoms with E-state index in [1.807, 2.05) is 0 Å². The number of rotatable bonds is 2. The first kappa shape index (κ1) is 14.2. The lowest BCUT2D eigenvalue weighted by Gasteiger charge is -2.29. The Morgan fingerprint density at radius 3 is 2.52 bits per heavy atom. The van der Waals surface area contributed by atoms with Gasteiger partial charge in [0.05, 0.1) is 5.52 Å². The average Bonchev–Trinajstić information content (AvgIpc) is 2.47. The van der Waals surface area contributed by atoms with Crippen molar-refractivity contribution in [2.75, 3.05) is 23.7 Å². The number of aromatic nitrogens is 1. The standard InChI is InChI=1S/C18H25N3/c1-12(2)17-13(3)20-16-8-7-14(11-15(16)18(17)19)21-9-5-4-6-10-21/h7-8,11-12H,4-6,9-10H2,1-3H3,(H2,19,20). The number of anilines is 2. The quantitative estimate of drug-likeness (QED) is 0.896. The number of hydrogen-bond donors (Lipinski definition) is 1. The highest BCUT2D eigenvalue weighted by molar-refractivity contribution is 5.94. The first-order valence-electron chi connectivity index (χ1n) is 8.02. The number of aryl methyl sites for hydroxylation is 1. The molecule has 0 spiro atoms. The van der Waals surface area contributed by atoms with Gasteiger partial charge in [-0.2, -0.15) is 0 Å². The molecule has 0 aliphatic carbocycles. The number of nitrogens with zero attached hydrogens (tertiary/aromatic N) is 2. The molecular weight excluding hydrogens is 258 g/mol. The maximum Gasteiger partial charge on any atom is 0.0727 e. The Morgan fingerprint density at radius 1 is 1.14 bits per heavy atom. The summed E-state index contributed by atoms with van der Waals surface area (Å²) in [6, 6.07) is 6.54. The molecule has 0 saturated carbocycles. The predicted octanol–water partition coefficient (Wildman–Crippen LogP) is 4.24. The molecule has 3 nitrogen and oxygen atoms in total. The van der Waals surface area contributed by atoms with Crippen LogP contribution in [0, 0.1) is 6.92 Å². The third-order valence-corrected chi connectivity index (χ3v) is 4.54. The number of piperidine rings is 1. The van der Waals surface area contributed by atoms with Gasteiger partial charge in [0.2, 0.25) is 0 Å². The van der Waals surface area contributed by atoms with Crippen LogP contribution in [-0.4, -0.2) is 18.1 Å². The van der Waals surface area contributed by atoms with E-state index in [1.54, 1.807) is 0 Å².